The molecule has 0 aliphatic heterocycles. The average molecular weight is 229 g/mol. The van der Waals surface area contributed by atoms with Crippen LogP contribution in [0.3, 0.4) is 0 Å². The standard InChI is InChI=1S/C10H19N3O3/c1-5(2)9(15)13-7(4)10(16)12-6(3)8(11)14/h5-7H,1-4H3,(H2,11,14)(H,12,16)(H,13,15)/t6-,7-/m0/s1. The summed E-state index contributed by atoms with van der Waals surface area (Å²) in [4.78, 5) is 33.5. The number of hydrogen-bond donors (Lipinski definition) is 3. The summed E-state index contributed by atoms with van der Waals surface area (Å²) in [6, 6.07) is -1.43. The van der Waals surface area contributed by atoms with Gasteiger partial charge in [-0.05, 0) is 13.8 Å². The minimum Gasteiger partial charge on any atom is -0.368 e. The van der Waals surface area contributed by atoms with Crippen LogP contribution in [0, 0.1) is 5.92 Å². The Morgan fingerprint density at radius 2 is 1.31 bits per heavy atom. The molecule has 3 amide bonds. The van der Waals surface area contributed by atoms with Crippen LogP contribution in [0.15, 0.2) is 0 Å². The normalized spacial score (nSPS) is 14.1. The van der Waals surface area contributed by atoms with E-state index in [9.17, 15) is 14.4 Å². The molecule has 4 N–H and O–H groups in total. The Morgan fingerprint density at radius 3 is 1.69 bits per heavy atom. The molecular formula is C10H19N3O3. The Balaban J connectivity index is 4.19. The zero-order chi connectivity index (χ0) is 12.9. The molecule has 0 aromatic heterocycles. The molecular weight excluding hydrogens is 210 g/mol. The van der Waals surface area contributed by atoms with Crippen LogP contribution < -0.4 is 16.4 Å². The van der Waals surface area contributed by atoms with Crippen LogP contribution >= 0.6 is 0 Å². The van der Waals surface area contributed by atoms with E-state index < -0.39 is 23.9 Å². The first-order valence-electron chi connectivity index (χ1n) is 5.15. The second-order valence-electron chi connectivity index (χ2n) is 4.02. The fourth-order valence-corrected chi connectivity index (χ4v) is 0.855. The lowest BCUT2D eigenvalue weighted by atomic mass is 10.2. The van der Waals surface area contributed by atoms with Crippen molar-refractivity contribution in [3.05, 3.63) is 0 Å². The van der Waals surface area contributed by atoms with E-state index in [4.69, 9.17) is 5.73 Å². The van der Waals surface area contributed by atoms with Gasteiger partial charge in [0.2, 0.25) is 17.7 Å². The van der Waals surface area contributed by atoms with Gasteiger partial charge in [-0.1, -0.05) is 13.8 Å². The third-order valence-corrected chi connectivity index (χ3v) is 2.06. The van der Waals surface area contributed by atoms with E-state index in [0.29, 0.717) is 0 Å². The lowest BCUT2D eigenvalue weighted by Crippen LogP contribution is -2.51. The molecule has 0 fully saturated rings. The van der Waals surface area contributed by atoms with Gasteiger partial charge < -0.3 is 16.4 Å². The SMILES string of the molecule is CC(C)C(=O)N[C@@H](C)C(=O)N[C@@H](C)C(N)=O. The summed E-state index contributed by atoms with van der Waals surface area (Å²) in [7, 11) is 0. The van der Waals surface area contributed by atoms with Gasteiger partial charge in [-0.2, -0.15) is 0 Å². The molecule has 0 spiro atoms. The summed E-state index contributed by atoms with van der Waals surface area (Å²) < 4.78 is 0. The summed E-state index contributed by atoms with van der Waals surface area (Å²) >= 11 is 0. The third-order valence-electron chi connectivity index (χ3n) is 2.06. The van der Waals surface area contributed by atoms with E-state index in [1.165, 1.54) is 6.92 Å². The monoisotopic (exact) mass is 229 g/mol. The van der Waals surface area contributed by atoms with E-state index in [1.807, 2.05) is 0 Å². The number of nitrogens with one attached hydrogen (secondary N) is 2. The molecule has 0 rings (SSSR count). The molecule has 0 saturated heterocycles. The van der Waals surface area contributed by atoms with Crippen LogP contribution in [0.1, 0.15) is 27.7 Å². The predicted octanol–water partition coefficient (Wildman–Crippen LogP) is -0.863. The second kappa shape index (κ2) is 6.09. The number of primary amides is 1. The molecule has 0 aliphatic carbocycles. The highest BCUT2D eigenvalue weighted by Crippen LogP contribution is 1.93. The molecule has 0 aromatic carbocycles. The summed E-state index contributed by atoms with van der Waals surface area (Å²) in [5, 5.41) is 4.92. The first-order chi connectivity index (χ1) is 7.25. The maximum Gasteiger partial charge on any atom is 0.242 e. The van der Waals surface area contributed by atoms with Crippen molar-refractivity contribution >= 4 is 17.7 Å². The predicted molar refractivity (Wildman–Crippen MR) is 59.2 cm³/mol. The Hall–Kier alpha value is -1.59. The van der Waals surface area contributed by atoms with Gasteiger partial charge in [-0.3, -0.25) is 14.4 Å². The summed E-state index contributed by atoms with van der Waals surface area (Å²) in [5.74, 6) is -1.45. The van der Waals surface area contributed by atoms with Crippen molar-refractivity contribution in [3.63, 3.8) is 0 Å². The molecule has 0 unspecified atom stereocenters. The Morgan fingerprint density at radius 1 is 0.875 bits per heavy atom. The summed E-state index contributed by atoms with van der Waals surface area (Å²) in [6.07, 6.45) is 0. The number of amides is 3. The maximum absolute atomic E-state index is 11.5. The quantitative estimate of drug-likeness (QED) is 0.571. The Bertz CT molecular complexity index is 289. The van der Waals surface area contributed by atoms with Crippen molar-refractivity contribution in [1.29, 1.82) is 0 Å². The molecule has 2 atom stereocenters. The molecule has 0 heterocycles. The summed E-state index contributed by atoms with van der Waals surface area (Å²) in [5.41, 5.74) is 4.99. The van der Waals surface area contributed by atoms with Crippen molar-refractivity contribution in [1.82, 2.24) is 10.6 Å². The topological polar surface area (TPSA) is 101 Å². The van der Waals surface area contributed by atoms with Gasteiger partial charge in [-0.15, -0.1) is 0 Å². The lowest BCUT2D eigenvalue weighted by molar-refractivity contribution is -0.131. The van der Waals surface area contributed by atoms with E-state index >= 15 is 0 Å². The average Bonchev–Trinajstić information content (AvgIpc) is 2.16. The fraction of sp³-hybridized carbons (Fsp3) is 0.700. The van der Waals surface area contributed by atoms with Crippen LogP contribution in [0.2, 0.25) is 0 Å². The zero-order valence-electron chi connectivity index (χ0n) is 10.0. The van der Waals surface area contributed by atoms with Crippen LogP contribution in [0.5, 0.6) is 0 Å². The molecule has 0 aliphatic rings. The van der Waals surface area contributed by atoms with Crippen molar-refractivity contribution in [2.75, 3.05) is 0 Å². The van der Waals surface area contributed by atoms with Crippen molar-refractivity contribution < 1.29 is 14.4 Å². The van der Waals surface area contributed by atoms with Gasteiger partial charge in [0.25, 0.3) is 0 Å². The molecule has 92 valence electrons. The van der Waals surface area contributed by atoms with Crippen LogP contribution in [0.25, 0.3) is 0 Å². The number of rotatable bonds is 5. The molecule has 6 nitrogen and oxygen atoms in total. The third kappa shape index (κ3) is 4.77. The number of nitrogens with two attached hydrogens (primary N) is 1. The highest BCUT2D eigenvalue weighted by Gasteiger charge is 2.20. The van der Waals surface area contributed by atoms with Gasteiger partial charge in [0.15, 0.2) is 0 Å². The van der Waals surface area contributed by atoms with Crippen LogP contribution in [-0.2, 0) is 14.4 Å². The van der Waals surface area contributed by atoms with Crippen LogP contribution in [-0.4, -0.2) is 29.8 Å². The molecule has 0 bridgehead atoms. The Labute approximate surface area is 94.9 Å². The van der Waals surface area contributed by atoms with Gasteiger partial charge in [0.1, 0.15) is 12.1 Å². The molecule has 0 saturated carbocycles. The van der Waals surface area contributed by atoms with Crippen molar-refractivity contribution in [2.45, 2.75) is 39.8 Å². The second-order valence-corrected chi connectivity index (χ2v) is 4.02. The lowest BCUT2D eigenvalue weighted by Gasteiger charge is -2.17. The van der Waals surface area contributed by atoms with Gasteiger partial charge in [0.05, 0.1) is 0 Å². The Kier molecular flexibility index (Phi) is 5.49. The minimum absolute atomic E-state index is 0.191. The van der Waals surface area contributed by atoms with Gasteiger partial charge >= 0.3 is 0 Å². The largest absolute Gasteiger partial charge is 0.368 e. The molecule has 6 heteroatoms. The van der Waals surface area contributed by atoms with E-state index in [-0.39, 0.29) is 11.8 Å². The van der Waals surface area contributed by atoms with Crippen molar-refractivity contribution in [2.24, 2.45) is 11.7 Å². The first kappa shape index (κ1) is 14.4. The number of hydrogen-bond acceptors (Lipinski definition) is 3. The molecule has 0 aromatic rings. The van der Waals surface area contributed by atoms with Gasteiger partial charge in [0, 0.05) is 5.92 Å². The highest BCUT2D eigenvalue weighted by molar-refractivity contribution is 5.91. The first-order valence-corrected chi connectivity index (χ1v) is 5.15. The maximum atomic E-state index is 11.5. The molecule has 16 heavy (non-hydrogen) atoms. The highest BCUT2D eigenvalue weighted by atomic mass is 16.2. The number of carbonyl (C=O) groups is 3. The fourth-order valence-electron chi connectivity index (χ4n) is 0.855. The van der Waals surface area contributed by atoms with Crippen molar-refractivity contribution in [3.8, 4) is 0 Å². The van der Waals surface area contributed by atoms with Gasteiger partial charge in [-0.25, -0.2) is 0 Å². The minimum atomic E-state index is -0.745. The number of carbonyl (C=O) groups excluding carboxylic acids is 3. The van der Waals surface area contributed by atoms with Crippen LogP contribution in [0.4, 0.5) is 0 Å². The smallest absolute Gasteiger partial charge is 0.242 e. The zero-order valence-corrected chi connectivity index (χ0v) is 10.0. The van der Waals surface area contributed by atoms with E-state index in [0.717, 1.165) is 0 Å². The van der Waals surface area contributed by atoms with E-state index in [1.54, 1.807) is 20.8 Å². The van der Waals surface area contributed by atoms with E-state index in [2.05, 4.69) is 10.6 Å². The summed E-state index contributed by atoms with van der Waals surface area (Å²) in [6.45, 7) is 6.48. The molecule has 0 radical (unpaired) electrons.